The number of carbonyl (C=O) groups is 1. The minimum absolute atomic E-state index is 0.145. The molecule has 1 amide bonds. The lowest BCUT2D eigenvalue weighted by atomic mass is 9.91. The van der Waals surface area contributed by atoms with E-state index in [-0.39, 0.29) is 17.4 Å². The smallest absolute Gasteiger partial charge is 0.236 e. The normalized spacial score (nSPS) is 16.3. The second-order valence-corrected chi connectivity index (χ2v) is 7.93. The fraction of sp³-hybridized carbons (Fsp3) is 0.533. The maximum atomic E-state index is 12.4. The number of hydrogen-bond acceptors (Lipinski definition) is 2. The van der Waals surface area contributed by atoms with Crippen LogP contribution in [0.25, 0.3) is 0 Å². The third kappa shape index (κ3) is 4.60. The van der Waals surface area contributed by atoms with Crippen LogP contribution in [0.4, 0.5) is 0 Å². The van der Waals surface area contributed by atoms with E-state index in [4.69, 9.17) is 11.6 Å². The van der Waals surface area contributed by atoms with Gasteiger partial charge in [0.05, 0.1) is 6.04 Å². The maximum Gasteiger partial charge on any atom is 0.236 e. The summed E-state index contributed by atoms with van der Waals surface area (Å²) in [7, 11) is -1.21. The SMILES string of the molecule is CC(NC(=O)C(S(C)=O)C(C)(C)C)c1ccc(Cl)cc1. The summed E-state index contributed by atoms with van der Waals surface area (Å²) in [5.74, 6) is -0.180. The Morgan fingerprint density at radius 1 is 1.25 bits per heavy atom. The molecule has 1 aromatic rings. The fourth-order valence-corrected chi connectivity index (χ4v) is 3.66. The third-order valence-electron chi connectivity index (χ3n) is 3.09. The number of rotatable bonds is 4. The monoisotopic (exact) mass is 315 g/mol. The number of hydrogen-bond donors (Lipinski definition) is 1. The summed E-state index contributed by atoms with van der Waals surface area (Å²) in [5.41, 5.74) is 0.626. The molecule has 1 rings (SSSR count). The minimum Gasteiger partial charge on any atom is -0.349 e. The van der Waals surface area contributed by atoms with Crippen LogP contribution in [0.3, 0.4) is 0 Å². The Morgan fingerprint density at radius 3 is 2.15 bits per heavy atom. The molecule has 3 atom stereocenters. The number of amides is 1. The van der Waals surface area contributed by atoms with Gasteiger partial charge < -0.3 is 5.32 Å². The Bertz CT molecular complexity index is 494. The van der Waals surface area contributed by atoms with E-state index >= 15 is 0 Å². The molecular weight excluding hydrogens is 294 g/mol. The summed E-state index contributed by atoms with van der Waals surface area (Å²) >= 11 is 5.85. The van der Waals surface area contributed by atoms with Crippen molar-refractivity contribution >= 4 is 28.3 Å². The topological polar surface area (TPSA) is 46.2 Å². The van der Waals surface area contributed by atoms with Crippen molar-refractivity contribution in [3.63, 3.8) is 0 Å². The zero-order valence-electron chi connectivity index (χ0n) is 12.6. The standard InChI is InChI=1S/C15H22ClNO2S/c1-10(11-6-8-12(16)9-7-11)17-14(18)13(20(5)19)15(2,3)4/h6-10,13H,1-5H3,(H,17,18). The molecule has 0 spiro atoms. The van der Waals surface area contributed by atoms with Crippen molar-refractivity contribution in [2.75, 3.05) is 6.26 Å². The molecule has 0 fully saturated rings. The Morgan fingerprint density at radius 2 is 1.75 bits per heavy atom. The summed E-state index contributed by atoms with van der Waals surface area (Å²) < 4.78 is 11.8. The predicted molar refractivity (Wildman–Crippen MR) is 85.3 cm³/mol. The summed E-state index contributed by atoms with van der Waals surface area (Å²) in [6.07, 6.45) is 1.57. The summed E-state index contributed by atoms with van der Waals surface area (Å²) in [5, 5.41) is 3.06. The van der Waals surface area contributed by atoms with Crippen LogP contribution in [0.1, 0.15) is 39.3 Å². The van der Waals surface area contributed by atoms with Crippen molar-refractivity contribution in [3.05, 3.63) is 34.9 Å². The summed E-state index contributed by atoms with van der Waals surface area (Å²) in [6.45, 7) is 7.67. The van der Waals surface area contributed by atoms with E-state index in [1.807, 2.05) is 39.8 Å². The number of halogens is 1. The van der Waals surface area contributed by atoms with Crippen molar-refractivity contribution < 1.29 is 9.00 Å². The molecule has 0 saturated heterocycles. The molecule has 3 unspecified atom stereocenters. The van der Waals surface area contributed by atoms with E-state index in [1.54, 1.807) is 18.4 Å². The van der Waals surface area contributed by atoms with Gasteiger partial charge in [-0.25, -0.2) is 0 Å². The van der Waals surface area contributed by atoms with E-state index < -0.39 is 16.0 Å². The highest BCUT2D eigenvalue weighted by molar-refractivity contribution is 7.85. The van der Waals surface area contributed by atoms with E-state index in [0.717, 1.165) is 5.56 Å². The van der Waals surface area contributed by atoms with E-state index in [0.29, 0.717) is 5.02 Å². The second kappa shape index (κ2) is 6.72. The molecule has 20 heavy (non-hydrogen) atoms. The predicted octanol–water partition coefficient (Wildman–Crippen LogP) is 3.31. The molecule has 0 aliphatic rings. The van der Waals surface area contributed by atoms with Crippen molar-refractivity contribution in [2.24, 2.45) is 5.41 Å². The Labute approximate surface area is 128 Å². The van der Waals surface area contributed by atoms with E-state index in [1.165, 1.54) is 0 Å². The Kier molecular flexibility index (Phi) is 5.78. The number of nitrogens with one attached hydrogen (secondary N) is 1. The highest BCUT2D eigenvalue weighted by atomic mass is 35.5. The zero-order valence-corrected chi connectivity index (χ0v) is 14.1. The van der Waals surface area contributed by atoms with E-state index in [2.05, 4.69) is 5.32 Å². The highest BCUT2D eigenvalue weighted by Gasteiger charge is 2.35. The molecule has 0 radical (unpaired) electrons. The van der Waals surface area contributed by atoms with Gasteiger partial charge in [-0.15, -0.1) is 0 Å². The fourth-order valence-electron chi connectivity index (χ4n) is 2.17. The summed E-state index contributed by atoms with van der Waals surface area (Å²) in [6, 6.07) is 7.19. The first kappa shape index (κ1) is 17.2. The van der Waals surface area contributed by atoms with Gasteiger partial charge in [-0.1, -0.05) is 44.5 Å². The van der Waals surface area contributed by atoms with Crippen LogP contribution < -0.4 is 5.32 Å². The molecule has 0 aliphatic heterocycles. The van der Waals surface area contributed by atoms with Crippen LogP contribution in [0.5, 0.6) is 0 Å². The largest absolute Gasteiger partial charge is 0.349 e. The van der Waals surface area contributed by atoms with Crippen LogP contribution >= 0.6 is 11.6 Å². The lowest BCUT2D eigenvalue weighted by molar-refractivity contribution is -0.122. The lowest BCUT2D eigenvalue weighted by Crippen LogP contribution is -2.45. The molecule has 0 saturated carbocycles. The van der Waals surface area contributed by atoms with Gasteiger partial charge in [0.15, 0.2) is 0 Å². The molecule has 1 aromatic carbocycles. The summed E-state index contributed by atoms with van der Waals surface area (Å²) in [4.78, 5) is 12.4. The van der Waals surface area contributed by atoms with Crippen LogP contribution in [0.15, 0.2) is 24.3 Å². The second-order valence-electron chi connectivity index (χ2n) is 6.03. The van der Waals surface area contributed by atoms with Crippen molar-refractivity contribution in [2.45, 2.75) is 39.0 Å². The molecule has 3 nitrogen and oxygen atoms in total. The van der Waals surface area contributed by atoms with Gasteiger partial charge >= 0.3 is 0 Å². The van der Waals surface area contributed by atoms with Gasteiger partial charge in [0.2, 0.25) is 5.91 Å². The van der Waals surface area contributed by atoms with Gasteiger partial charge in [0.25, 0.3) is 0 Å². The molecule has 0 bridgehead atoms. The molecular formula is C15H22ClNO2S. The molecule has 5 heteroatoms. The first-order chi connectivity index (χ1) is 9.12. The van der Waals surface area contributed by atoms with Gasteiger partial charge in [-0.3, -0.25) is 9.00 Å². The average molecular weight is 316 g/mol. The van der Waals surface area contributed by atoms with Crippen molar-refractivity contribution in [1.29, 1.82) is 0 Å². The van der Waals surface area contributed by atoms with Gasteiger partial charge in [-0.05, 0) is 30.0 Å². The number of carbonyl (C=O) groups excluding carboxylic acids is 1. The molecule has 0 heterocycles. The average Bonchev–Trinajstić information content (AvgIpc) is 2.26. The molecule has 0 aromatic heterocycles. The zero-order chi connectivity index (χ0) is 15.5. The van der Waals surface area contributed by atoms with Crippen LogP contribution in [0, 0.1) is 5.41 Å². The first-order valence-corrected chi connectivity index (χ1v) is 8.51. The Hall–Kier alpha value is -0.870. The minimum atomic E-state index is -1.21. The van der Waals surface area contributed by atoms with Crippen molar-refractivity contribution in [3.8, 4) is 0 Å². The lowest BCUT2D eigenvalue weighted by Gasteiger charge is -2.29. The maximum absolute atomic E-state index is 12.4. The van der Waals surface area contributed by atoms with Crippen LogP contribution in [-0.4, -0.2) is 21.6 Å². The van der Waals surface area contributed by atoms with Gasteiger partial charge in [-0.2, -0.15) is 0 Å². The van der Waals surface area contributed by atoms with E-state index in [9.17, 15) is 9.00 Å². The van der Waals surface area contributed by atoms with Crippen LogP contribution in [0.2, 0.25) is 5.02 Å². The van der Waals surface area contributed by atoms with Gasteiger partial charge in [0.1, 0.15) is 5.25 Å². The molecule has 112 valence electrons. The molecule has 1 N–H and O–H groups in total. The van der Waals surface area contributed by atoms with Gasteiger partial charge in [0, 0.05) is 22.1 Å². The molecule has 0 aliphatic carbocycles. The quantitative estimate of drug-likeness (QED) is 0.926. The Balaban J connectivity index is 2.83. The van der Waals surface area contributed by atoms with Crippen molar-refractivity contribution in [1.82, 2.24) is 5.32 Å². The first-order valence-electron chi connectivity index (χ1n) is 6.51. The number of benzene rings is 1. The third-order valence-corrected chi connectivity index (χ3v) is 4.92. The van der Waals surface area contributed by atoms with Crippen LogP contribution in [-0.2, 0) is 15.6 Å². The highest BCUT2D eigenvalue weighted by Crippen LogP contribution is 2.25.